The van der Waals surface area contributed by atoms with E-state index < -0.39 is 40.7 Å². The number of nitriles is 1. The standard InChI is InChI=1S/C31H33N3O6/c1-6-7-10-24(39-28(35)20-13-11-19(17-32)12-14-20)31(5)27(30(2,3)4)26(34-37)25-23(40-31)16-22(38-29(25)36)21-9-8-15-33-18-21/h8-9,11-16,18,24,26-27H,6-7,10H2,1-5H3. The number of benzene rings is 1. The Morgan fingerprint density at radius 2 is 1.98 bits per heavy atom. The van der Waals surface area contributed by atoms with Gasteiger partial charge in [-0.2, -0.15) is 10.2 Å². The molecule has 0 aliphatic carbocycles. The second-order valence-corrected chi connectivity index (χ2v) is 11.3. The number of fused-ring (bicyclic) bond motifs is 1. The molecule has 0 amide bonds. The summed E-state index contributed by atoms with van der Waals surface area (Å²) in [7, 11) is 0. The zero-order valence-corrected chi connectivity index (χ0v) is 23.3. The van der Waals surface area contributed by atoms with Crippen LogP contribution in [0.3, 0.4) is 0 Å². The second kappa shape index (κ2) is 11.4. The minimum Gasteiger partial charge on any atom is -0.482 e. The molecule has 1 aliphatic rings. The number of ether oxygens (including phenoxy) is 2. The molecule has 4 atom stereocenters. The van der Waals surface area contributed by atoms with Gasteiger partial charge in [0.25, 0.3) is 0 Å². The van der Waals surface area contributed by atoms with Gasteiger partial charge in [-0.05, 0) is 61.6 Å². The number of hydrogen-bond donors (Lipinski definition) is 0. The summed E-state index contributed by atoms with van der Waals surface area (Å²) in [6.07, 6.45) is 4.40. The molecule has 1 aliphatic heterocycles. The highest BCUT2D eigenvalue weighted by molar-refractivity contribution is 5.89. The van der Waals surface area contributed by atoms with Crippen LogP contribution in [0.25, 0.3) is 11.3 Å². The number of unbranched alkanes of at least 4 members (excludes halogenated alkanes) is 1. The van der Waals surface area contributed by atoms with Crippen molar-refractivity contribution >= 4 is 5.97 Å². The molecular weight excluding hydrogens is 510 g/mol. The molecule has 4 unspecified atom stereocenters. The van der Waals surface area contributed by atoms with Gasteiger partial charge >= 0.3 is 11.6 Å². The minimum atomic E-state index is -1.23. The van der Waals surface area contributed by atoms with E-state index in [2.05, 4.69) is 10.2 Å². The van der Waals surface area contributed by atoms with Crippen molar-refractivity contribution in [3.63, 3.8) is 0 Å². The molecule has 0 saturated heterocycles. The Morgan fingerprint density at radius 1 is 1.25 bits per heavy atom. The van der Waals surface area contributed by atoms with E-state index in [1.807, 2.05) is 40.7 Å². The van der Waals surface area contributed by atoms with Gasteiger partial charge in [0.05, 0.1) is 17.2 Å². The normalized spacial score (nSPS) is 20.9. The van der Waals surface area contributed by atoms with Crippen LogP contribution >= 0.6 is 0 Å². The lowest BCUT2D eigenvalue weighted by atomic mass is 9.62. The van der Waals surface area contributed by atoms with Crippen LogP contribution in [0.5, 0.6) is 5.75 Å². The number of rotatable bonds is 8. The van der Waals surface area contributed by atoms with Gasteiger partial charge in [0.15, 0.2) is 0 Å². The van der Waals surface area contributed by atoms with E-state index in [0.29, 0.717) is 17.5 Å². The number of esters is 1. The lowest BCUT2D eigenvalue weighted by Crippen LogP contribution is -2.60. The molecule has 3 heterocycles. The molecule has 40 heavy (non-hydrogen) atoms. The highest BCUT2D eigenvalue weighted by atomic mass is 16.6. The highest BCUT2D eigenvalue weighted by Crippen LogP contribution is 2.54. The molecule has 0 spiro atoms. The van der Waals surface area contributed by atoms with Gasteiger partial charge in [0.1, 0.15) is 34.8 Å². The van der Waals surface area contributed by atoms with Gasteiger partial charge in [-0.15, -0.1) is 0 Å². The fourth-order valence-corrected chi connectivity index (χ4v) is 5.71. The van der Waals surface area contributed by atoms with Gasteiger partial charge in [0, 0.05) is 29.9 Å². The quantitative estimate of drug-likeness (QED) is 0.229. The largest absolute Gasteiger partial charge is 0.482 e. The summed E-state index contributed by atoms with van der Waals surface area (Å²) in [6.45, 7) is 9.66. The third-order valence-electron chi connectivity index (χ3n) is 7.46. The molecular formula is C31H33N3O6. The summed E-state index contributed by atoms with van der Waals surface area (Å²) in [5.74, 6) is -0.822. The van der Waals surface area contributed by atoms with Gasteiger partial charge in [-0.3, -0.25) is 4.98 Å². The van der Waals surface area contributed by atoms with Crippen molar-refractivity contribution < 1.29 is 18.7 Å². The van der Waals surface area contributed by atoms with E-state index in [1.54, 1.807) is 54.9 Å². The lowest BCUT2D eigenvalue weighted by molar-refractivity contribution is -0.136. The van der Waals surface area contributed by atoms with Crippen molar-refractivity contribution in [3.8, 4) is 23.1 Å². The third-order valence-corrected chi connectivity index (χ3v) is 7.46. The van der Waals surface area contributed by atoms with Gasteiger partial charge in [0.2, 0.25) is 0 Å². The summed E-state index contributed by atoms with van der Waals surface area (Å²) in [4.78, 5) is 43.2. The number of hydrogen-bond acceptors (Lipinski definition) is 9. The summed E-state index contributed by atoms with van der Waals surface area (Å²) in [6, 6.07) is 12.1. The number of carbonyl (C=O) groups excluding carboxylic acids is 1. The topological polar surface area (TPSA) is 132 Å². The van der Waals surface area contributed by atoms with Crippen LogP contribution in [0.2, 0.25) is 0 Å². The first-order chi connectivity index (χ1) is 19.0. The Labute approximate surface area is 233 Å². The second-order valence-electron chi connectivity index (χ2n) is 11.3. The minimum absolute atomic E-state index is 0.0488. The van der Waals surface area contributed by atoms with Crippen molar-refractivity contribution in [2.24, 2.45) is 16.5 Å². The molecule has 3 aromatic rings. The molecule has 0 N–H and O–H groups in total. The first-order valence-corrected chi connectivity index (χ1v) is 13.3. The molecule has 4 rings (SSSR count). The zero-order chi connectivity index (χ0) is 29.1. The molecule has 0 bridgehead atoms. The van der Waals surface area contributed by atoms with E-state index in [4.69, 9.17) is 19.2 Å². The smallest absolute Gasteiger partial charge is 0.345 e. The van der Waals surface area contributed by atoms with E-state index in [9.17, 15) is 14.5 Å². The number of carbonyl (C=O) groups is 1. The molecule has 2 aromatic heterocycles. The van der Waals surface area contributed by atoms with Crippen LogP contribution in [0.1, 0.15) is 81.4 Å². The first kappa shape index (κ1) is 28.7. The van der Waals surface area contributed by atoms with Crippen LogP contribution in [0, 0.1) is 27.6 Å². The maximum atomic E-state index is 13.3. The predicted octanol–water partition coefficient (Wildman–Crippen LogP) is 6.61. The number of pyridine rings is 1. The first-order valence-electron chi connectivity index (χ1n) is 13.3. The summed E-state index contributed by atoms with van der Waals surface area (Å²) in [5.41, 5.74) is -1.21. The van der Waals surface area contributed by atoms with Crippen molar-refractivity contribution in [1.29, 1.82) is 5.26 Å². The molecule has 0 saturated carbocycles. The van der Waals surface area contributed by atoms with Crippen molar-refractivity contribution in [1.82, 2.24) is 4.98 Å². The van der Waals surface area contributed by atoms with Crippen molar-refractivity contribution in [2.75, 3.05) is 0 Å². The van der Waals surface area contributed by atoms with Crippen LogP contribution in [0.15, 0.2) is 69.2 Å². The maximum absolute atomic E-state index is 13.3. The highest BCUT2D eigenvalue weighted by Gasteiger charge is 2.58. The fourth-order valence-electron chi connectivity index (χ4n) is 5.71. The number of nitrogens with zero attached hydrogens (tertiary/aromatic N) is 3. The number of aromatic nitrogens is 1. The van der Waals surface area contributed by atoms with Crippen LogP contribution in [-0.4, -0.2) is 22.7 Å². The zero-order valence-electron chi connectivity index (χ0n) is 23.3. The van der Waals surface area contributed by atoms with Crippen LogP contribution in [-0.2, 0) is 4.74 Å². The Kier molecular flexibility index (Phi) is 8.19. The van der Waals surface area contributed by atoms with Crippen LogP contribution in [0.4, 0.5) is 0 Å². The average Bonchev–Trinajstić information content (AvgIpc) is 2.93. The molecule has 9 heteroatoms. The molecule has 0 fully saturated rings. The van der Waals surface area contributed by atoms with Gasteiger partial charge in [-0.1, -0.05) is 39.3 Å². The molecule has 1 aromatic carbocycles. The van der Waals surface area contributed by atoms with E-state index in [0.717, 1.165) is 12.8 Å². The van der Waals surface area contributed by atoms with Crippen LogP contribution < -0.4 is 10.4 Å². The Morgan fingerprint density at radius 3 is 2.55 bits per heavy atom. The molecule has 208 valence electrons. The molecule has 9 nitrogen and oxygen atoms in total. The SMILES string of the molecule is CCCCC(OC(=O)c1ccc(C#N)cc1)C1(C)Oc2cc(-c3cccnc3)oc(=O)c2C(N=O)C1C(C)(C)C. The summed E-state index contributed by atoms with van der Waals surface area (Å²) >= 11 is 0. The van der Waals surface area contributed by atoms with E-state index >= 15 is 0 Å². The Bertz CT molecular complexity index is 1470. The third kappa shape index (κ3) is 5.53. The van der Waals surface area contributed by atoms with E-state index in [-0.39, 0.29) is 22.6 Å². The lowest BCUT2D eigenvalue weighted by Gasteiger charge is -2.52. The van der Waals surface area contributed by atoms with Gasteiger partial charge < -0.3 is 13.9 Å². The van der Waals surface area contributed by atoms with Gasteiger partial charge in [-0.25, -0.2) is 9.59 Å². The summed E-state index contributed by atoms with van der Waals surface area (Å²) < 4.78 is 18.4. The average molecular weight is 544 g/mol. The van der Waals surface area contributed by atoms with Crippen molar-refractivity contribution in [2.45, 2.75) is 71.6 Å². The predicted molar refractivity (Wildman–Crippen MR) is 149 cm³/mol. The number of nitroso groups, excluding NO2 is 1. The van der Waals surface area contributed by atoms with E-state index in [1.165, 1.54) is 0 Å². The Hall–Kier alpha value is -4.32. The van der Waals surface area contributed by atoms with Crippen molar-refractivity contribution in [3.05, 3.63) is 86.9 Å². The summed E-state index contributed by atoms with van der Waals surface area (Å²) in [5, 5.41) is 12.6. The molecule has 0 radical (unpaired) electrons. The monoisotopic (exact) mass is 543 g/mol. The maximum Gasteiger partial charge on any atom is 0.345 e. The Balaban J connectivity index is 1.84. The fraction of sp³-hybridized carbons (Fsp3) is 0.419.